The van der Waals surface area contributed by atoms with Gasteiger partial charge in [-0.05, 0) is 12.8 Å². The van der Waals surface area contributed by atoms with E-state index in [0.29, 0.717) is 5.92 Å². The van der Waals surface area contributed by atoms with Crippen LogP contribution in [0.4, 0.5) is 0 Å². The standard InChI is InChI=1S/C9H14ClN3O/c1-13-5-8(11-12-13)4-7-6-14-3-2-9(7)10/h5,7,9H,2-4,6H2,1H3. The Labute approximate surface area is 88.2 Å². The Morgan fingerprint density at radius 1 is 1.71 bits per heavy atom. The number of aromatic nitrogens is 3. The number of nitrogens with zero attached hydrogens (tertiary/aromatic N) is 3. The third kappa shape index (κ3) is 2.25. The average Bonchev–Trinajstić information content (AvgIpc) is 2.56. The second-order valence-corrected chi connectivity index (χ2v) is 4.29. The van der Waals surface area contributed by atoms with Crippen LogP contribution in [0.15, 0.2) is 6.20 Å². The summed E-state index contributed by atoms with van der Waals surface area (Å²) in [7, 11) is 1.87. The van der Waals surface area contributed by atoms with Gasteiger partial charge in [0.05, 0.1) is 12.3 Å². The first kappa shape index (κ1) is 9.93. The van der Waals surface area contributed by atoms with E-state index < -0.39 is 0 Å². The number of halogens is 1. The van der Waals surface area contributed by atoms with Crippen molar-refractivity contribution in [3.8, 4) is 0 Å². The number of rotatable bonds is 2. The zero-order chi connectivity index (χ0) is 9.97. The molecule has 0 radical (unpaired) electrons. The van der Waals surface area contributed by atoms with E-state index in [-0.39, 0.29) is 5.38 Å². The molecule has 2 rings (SSSR count). The van der Waals surface area contributed by atoms with E-state index in [9.17, 15) is 0 Å². The van der Waals surface area contributed by atoms with Gasteiger partial charge in [-0.3, -0.25) is 4.68 Å². The summed E-state index contributed by atoms with van der Waals surface area (Å²) >= 11 is 6.20. The van der Waals surface area contributed by atoms with Gasteiger partial charge in [0.15, 0.2) is 0 Å². The molecule has 14 heavy (non-hydrogen) atoms. The van der Waals surface area contributed by atoms with Gasteiger partial charge in [-0.2, -0.15) is 0 Å². The van der Waals surface area contributed by atoms with E-state index in [0.717, 1.165) is 31.7 Å². The highest BCUT2D eigenvalue weighted by atomic mass is 35.5. The quantitative estimate of drug-likeness (QED) is 0.692. The maximum atomic E-state index is 6.20. The smallest absolute Gasteiger partial charge is 0.0831 e. The molecule has 1 aromatic heterocycles. The van der Waals surface area contributed by atoms with Crippen molar-refractivity contribution in [2.24, 2.45) is 13.0 Å². The van der Waals surface area contributed by atoms with Gasteiger partial charge in [-0.25, -0.2) is 0 Å². The van der Waals surface area contributed by atoms with Crippen LogP contribution in [0.3, 0.4) is 0 Å². The molecule has 78 valence electrons. The van der Waals surface area contributed by atoms with Crippen LogP contribution in [0.1, 0.15) is 12.1 Å². The number of alkyl halides is 1. The summed E-state index contributed by atoms with van der Waals surface area (Å²) in [6.45, 7) is 1.52. The Morgan fingerprint density at radius 2 is 2.57 bits per heavy atom. The molecule has 1 saturated heterocycles. The van der Waals surface area contributed by atoms with Crippen LogP contribution >= 0.6 is 11.6 Å². The van der Waals surface area contributed by atoms with Crippen molar-refractivity contribution in [2.45, 2.75) is 18.2 Å². The third-order valence-electron chi connectivity index (χ3n) is 2.50. The lowest BCUT2D eigenvalue weighted by molar-refractivity contribution is 0.0574. The third-order valence-corrected chi connectivity index (χ3v) is 3.08. The van der Waals surface area contributed by atoms with E-state index in [2.05, 4.69) is 10.3 Å². The fourth-order valence-electron chi connectivity index (χ4n) is 1.71. The summed E-state index contributed by atoms with van der Waals surface area (Å²) in [6, 6.07) is 0. The number of ether oxygens (including phenoxy) is 1. The van der Waals surface area contributed by atoms with Crippen LogP contribution in [0.25, 0.3) is 0 Å². The first-order valence-electron chi connectivity index (χ1n) is 4.82. The molecule has 5 heteroatoms. The Kier molecular flexibility index (Phi) is 3.03. The van der Waals surface area contributed by atoms with E-state index >= 15 is 0 Å². The molecular formula is C9H14ClN3O. The van der Waals surface area contributed by atoms with Crippen LogP contribution < -0.4 is 0 Å². The van der Waals surface area contributed by atoms with E-state index in [1.165, 1.54) is 0 Å². The van der Waals surface area contributed by atoms with Gasteiger partial charge in [0.2, 0.25) is 0 Å². The molecule has 2 unspecified atom stereocenters. The Hall–Kier alpha value is -0.610. The monoisotopic (exact) mass is 215 g/mol. The summed E-state index contributed by atoms with van der Waals surface area (Å²) < 4.78 is 7.10. The highest BCUT2D eigenvalue weighted by Crippen LogP contribution is 2.23. The topological polar surface area (TPSA) is 39.9 Å². The lowest BCUT2D eigenvalue weighted by Gasteiger charge is -2.26. The summed E-state index contributed by atoms with van der Waals surface area (Å²) in [5, 5.41) is 8.15. The first-order valence-corrected chi connectivity index (χ1v) is 5.26. The molecule has 4 nitrogen and oxygen atoms in total. The van der Waals surface area contributed by atoms with Crippen LogP contribution in [-0.2, 0) is 18.2 Å². The molecule has 1 aliphatic heterocycles. The Bertz CT molecular complexity index is 302. The molecular weight excluding hydrogens is 202 g/mol. The van der Waals surface area contributed by atoms with Gasteiger partial charge < -0.3 is 4.74 Å². The summed E-state index contributed by atoms with van der Waals surface area (Å²) in [4.78, 5) is 0. The number of hydrogen-bond acceptors (Lipinski definition) is 3. The van der Waals surface area contributed by atoms with Gasteiger partial charge in [0.25, 0.3) is 0 Å². The Morgan fingerprint density at radius 3 is 3.21 bits per heavy atom. The lowest BCUT2D eigenvalue weighted by atomic mass is 9.97. The minimum absolute atomic E-state index is 0.214. The van der Waals surface area contributed by atoms with Gasteiger partial charge >= 0.3 is 0 Å². The zero-order valence-corrected chi connectivity index (χ0v) is 8.94. The molecule has 1 fully saturated rings. The second-order valence-electron chi connectivity index (χ2n) is 3.73. The van der Waals surface area contributed by atoms with Crippen LogP contribution in [0, 0.1) is 5.92 Å². The normalized spacial score (nSPS) is 27.9. The molecule has 0 bridgehead atoms. The van der Waals surface area contributed by atoms with Crippen molar-refractivity contribution in [2.75, 3.05) is 13.2 Å². The maximum Gasteiger partial charge on any atom is 0.0831 e. The predicted molar refractivity (Wildman–Crippen MR) is 53.3 cm³/mol. The summed E-state index contributed by atoms with van der Waals surface area (Å²) in [6.07, 6.45) is 3.73. The SMILES string of the molecule is Cn1cc(CC2COCCC2Cl)nn1. The highest BCUT2D eigenvalue weighted by molar-refractivity contribution is 6.20. The highest BCUT2D eigenvalue weighted by Gasteiger charge is 2.24. The van der Waals surface area contributed by atoms with Gasteiger partial charge in [-0.1, -0.05) is 5.21 Å². The second kappa shape index (κ2) is 4.28. The van der Waals surface area contributed by atoms with Crippen LogP contribution in [0.2, 0.25) is 0 Å². The molecule has 0 amide bonds. The van der Waals surface area contributed by atoms with Crippen molar-refractivity contribution < 1.29 is 4.74 Å². The van der Waals surface area contributed by atoms with Crippen molar-refractivity contribution in [3.63, 3.8) is 0 Å². The largest absolute Gasteiger partial charge is 0.381 e. The minimum atomic E-state index is 0.214. The Balaban J connectivity index is 1.95. The maximum absolute atomic E-state index is 6.20. The molecule has 0 N–H and O–H groups in total. The summed E-state index contributed by atoms with van der Waals surface area (Å²) in [5.74, 6) is 0.377. The molecule has 2 atom stereocenters. The van der Waals surface area contributed by atoms with Crippen molar-refractivity contribution >= 4 is 11.6 Å². The fraction of sp³-hybridized carbons (Fsp3) is 0.778. The van der Waals surface area contributed by atoms with E-state index in [1.54, 1.807) is 4.68 Å². The zero-order valence-electron chi connectivity index (χ0n) is 8.19. The number of aryl methyl sites for hydroxylation is 1. The molecule has 0 aromatic carbocycles. The van der Waals surface area contributed by atoms with Crippen molar-refractivity contribution in [1.82, 2.24) is 15.0 Å². The lowest BCUT2D eigenvalue weighted by Crippen LogP contribution is -2.29. The van der Waals surface area contributed by atoms with Crippen LogP contribution in [-0.4, -0.2) is 33.6 Å². The molecule has 0 aliphatic carbocycles. The first-order chi connectivity index (χ1) is 6.75. The average molecular weight is 216 g/mol. The fourth-order valence-corrected chi connectivity index (χ4v) is 1.97. The number of hydrogen-bond donors (Lipinski definition) is 0. The molecule has 0 saturated carbocycles. The van der Waals surface area contributed by atoms with Gasteiger partial charge in [0, 0.05) is 31.1 Å². The molecule has 0 spiro atoms. The van der Waals surface area contributed by atoms with Crippen molar-refractivity contribution in [1.29, 1.82) is 0 Å². The molecule has 1 aromatic rings. The van der Waals surface area contributed by atoms with Crippen molar-refractivity contribution in [3.05, 3.63) is 11.9 Å². The molecule has 2 heterocycles. The van der Waals surface area contributed by atoms with Crippen LogP contribution in [0.5, 0.6) is 0 Å². The van der Waals surface area contributed by atoms with Gasteiger partial charge in [0.1, 0.15) is 0 Å². The van der Waals surface area contributed by atoms with Gasteiger partial charge in [-0.15, -0.1) is 16.7 Å². The minimum Gasteiger partial charge on any atom is -0.381 e. The van der Waals surface area contributed by atoms with E-state index in [1.807, 2.05) is 13.2 Å². The van der Waals surface area contributed by atoms with E-state index in [4.69, 9.17) is 16.3 Å². The predicted octanol–water partition coefficient (Wildman–Crippen LogP) is 1.00. The summed E-state index contributed by atoms with van der Waals surface area (Å²) in [5.41, 5.74) is 0.994. The molecule has 1 aliphatic rings.